The van der Waals surface area contributed by atoms with Crippen molar-refractivity contribution in [3.63, 3.8) is 0 Å². The summed E-state index contributed by atoms with van der Waals surface area (Å²) in [5, 5.41) is 0.527. The Kier molecular flexibility index (Phi) is 4.59. The van der Waals surface area contributed by atoms with E-state index in [1.54, 1.807) is 12.1 Å². The fourth-order valence-corrected chi connectivity index (χ4v) is 2.99. The molecule has 1 atom stereocenters. The summed E-state index contributed by atoms with van der Waals surface area (Å²) in [5.41, 5.74) is 3.41. The van der Waals surface area contributed by atoms with Crippen molar-refractivity contribution in [2.24, 2.45) is 5.84 Å². The Balaban J connectivity index is 2.22. The van der Waals surface area contributed by atoms with Crippen LogP contribution in [0.25, 0.3) is 0 Å². The molecule has 0 aliphatic rings. The molecule has 1 aromatic heterocycles. The molecule has 18 heavy (non-hydrogen) atoms. The van der Waals surface area contributed by atoms with Crippen LogP contribution in [0.15, 0.2) is 30.3 Å². The summed E-state index contributed by atoms with van der Waals surface area (Å²) in [6.45, 7) is 0. The minimum absolute atomic E-state index is 0.137. The van der Waals surface area contributed by atoms with Crippen molar-refractivity contribution in [3.05, 3.63) is 55.9 Å². The van der Waals surface area contributed by atoms with E-state index in [0.717, 1.165) is 4.88 Å². The second-order valence-corrected chi connectivity index (χ2v) is 5.95. The lowest BCUT2D eigenvalue weighted by molar-refractivity contribution is 0.557. The molecular formula is C12H11Cl2FN2S. The molecule has 0 saturated carbocycles. The molecule has 96 valence electrons. The average Bonchev–Trinajstić information content (AvgIpc) is 2.77. The first-order valence-corrected chi connectivity index (χ1v) is 6.82. The minimum Gasteiger partial charge on any atom is -0.271 e. The van der Waals surface area contributed by atoms with Crippen LogP contribution in [0.5, 0.6) is 0 Å². The second-order valence-electron chi connectivity index (χ2n) is 3.80. The minimum atomic E-state index is -0.311. The Morgan fingerprint density at radius 3 is 2.67 bits per heavy atom. The van der Waals surface area contributed by atoms with Gasteiger partial charge in [-0.2, -0.15) is 0 Å². The highest BCUT2D eigenvalue weighted by Gasteiger charge is 2.15. The molecule has 0 aliphatic heterocycles. The van der Waals surface area contributed by atoms with Crippen LogP contribution in [0, 0.1) is 5.82 Å². The number of hydrogen-bond acceptors (Lipinski definition) is 3. The normalized spacial score (nSPS) is 12.7. The van der Waals surface area contributed by atoms with Crippen molar-refractivity contribution < 1.29 is 4.39 Å². The van der Waals surface area contributed by atoms with E-state index >= 15 is 0 Å². The van der Waals surface area contributed by atoms with Gasteiger partial charge >= 0.3 is 0 Å². The lowest BCUT2D eigenvalue weighted by Crippen LogP contribution is -2.29. The molecular weight excluding hydrogens is 294 g/mol. The molecule has 6 heteroatoms. The van der Waals surface area contributed by atoms with Crippen molar-refractivity contribution in [3.8, 4) is 0 Å². The van der Waals surface area contributed by atoms with Gasteiger partial charge in [0.25, 0.3) is 0 Å². The number of thiophene rings is 1. The molecule has 0 radical (unpaired) electrons. The Hall–Kier alpha value is -0.650. The molecule has 0 spiro atoms. The first-order chi connectivity index (χ1) is 8.60. The third kappa shape index (κ3) is 3.22. The van der Waals surface area contributed by atoms with Crippen LogP contribution in [0.1, 0.15) is 16.5 Å². The Bertz CT molecular complexity index is 545. The maximum atomic E-state index is 13.2. The summed E-state index contributed by atoms with van der Waals surface area (Å²) in [7, 11) is 0. The van der Waals surface area contributed by atoms with Gasteiger partial charge in [-0.1, -0.05) is 23.2 Å². The van der Waals surface area contributed by atoms with Crippen LogP contribution in [-0.4, -0.2) is 0 Å². The van der Waals surface area contributed by atoms with Crippen LogP contribution < -0.4 is 11.3 Å². The largest absolute Gasteiger partial charge is 0.271 e. The van der Waals surface area contributed by atoms with Crippen molar-refractivity contribution in [2.75, 3.05) is 0 Å². The smallest absolute Gasteiger partial charge is 0.123 e. The molecule has 2 rings (SSSR count). The van der Waals surface area contributed by atoms with E-state index in [9.17, 15) is 4.39 Å². The van der Waals surface area contributed by atoms with Crippen molar-refractivity contribution in [1.82, 2.24) is 5.43 Å². The quantitative estimate of drug-likeness (QED) is 0.663. The van der Waals surface area contributed by atoms with E-state index in [4.69, 9.17) is 29.0 Å². The number of hydrogen-bond donors (Lipinski definition) is 2. The zero-order valence-electron chi connectivity index (χ0n) is 9.29. The fraction of sp³-hybridized carbons (Fsp3) is 0.167. The lowest BCUT2D eigenvalue weighted by Gasteiger charge is -2.15. The standard InChI is InChI=1S/C12H11Cl2FN2S/c13-9-2-1-8(15)5-7(9)6-10(17-16)11-3-4-12(14)18-11/h1-5,10,17H,6,16H2. The molecule has 3 N–H and O–H groups in total. The highest BCUT2D eigenvalue weighted by molar-refractivity contribution is 7.16. The van der Waals surface area contributed by atoms with Crippen molar-refractivity contribution in [2.45, 2.75) is 12.5 Å². The maximum Gasteiger partial charge on any atom is 0.123 e. The molecule has 0 bridgehead atoms. The van der Waals surface area contributed by atoms with Gasteiger partial charge in [0.2, 0.25) is 0 Å². The summed E-state index contributed by atoms with van der Waals surface area (Å²) in [6.07, 6.45) is 0.504. The van der Waals surface area contributed by atoms with Gasteiger partial charge in [0.05, 0.1) is 10.4 Å². The molecule has 0 saturated heterocycles. The molecule has 1 heterocycles. The fourth-order valence-electron chi connectivity index (χ4n) is 1.68. The highest BCUT2D eigenvalue weighted by atomic mass is 35.5. The molecule has 1 unspecified atom stereocenters. The zero-order valence-corrected chi connectivity index (χ0v) is 11.6. The van der Waals surface area contributed by atoms with E-state index in [-0.39, 0.29) is 11.9 Å². The van der Waals surface area contributed by atoms with Crippen LogP contribution in [0.3, 0.4) is 0 Å². The molecule has 0 amide bonds. The van der Waals surface area contributed by atoms with Gasteiger partial charge in [0, 0.05) is 9.90 Å². The monoisotopic (exact) mass is 304 g/mol. The van der Waals surface area contributed by atoms with Crippen LogP contribution >= 0.6 is 34.5 Å². The second kappa shape index (κ2) is 5.99. The first-order valence-electron chi connectivity index (χ1n) is 5.25. The SMILES string of the molecule is NNC(Cc1cc(F)ccc1Cl)c1ccc(Cl)s1. The van der Waals surface area contributed by atoms with Gasteiger partial charge < -0.3 is 0 Å². The van der Waals surface area contributed by atoms with Gasteiger partial charge in [0.1, 0.15) is 5.82 Å². The van der Waals surface area contributed by atoms with Gasteiger partial charge in [0.15, 0.2) is 0 Å². The number of nitrogens with two attached hydrogens (primary N) is 1. The summed E-state index contributed by atoms with van der Waals surface area (Å²) in [6, 6.07) is 7.85. The number of rotatable bonds is 4. The van der Waals surface area contributed by atoms with Crippen molar-refractivity contribution >= 4 is 34.5 Å². The number of hydrazine groups is 1. The summed E-state index contributed by atoms with van der Waals surface area (Å²) < 4.78 is 13.9. The number of halogens is 3. The van der Waals surface area contributed by atoms with Crippen LogP contribution in [0.2, 0.25) is 9.36 Å². The summed E-state index contributed by atoms with van der Waals surface area (Å²) in [4.78, 5) is 0.989. The lowest BCUT2D eigenvalue weighted by atomic mass is 10.0. The van der Waals surface area contributed by atoms with E-state index in [1.807, 2.05) is 6.07 Å². The molecule has 2 aromatic rings. The highest BCUT2D eigenvalue weighted by Crippen LogP contribution is 2.30. The third-order valence-corrected chi connectivity index (χ3v) is 4.28. The third-order valence-electron chi connectivity index (χ3n) is 2.57. The van der Waals surface area contributed by atoms with Crippen LogP contribution in [-0.2, 0) is 6.42 Å². The molecule has 1 aromatic carbocycles. The zero-order chi connectivity index (χ0) is 13.1. The summed E-state index contributed by atoms with van der Waals surface area (Å²) in [5.74, 6) is 5.22. The van der Waals surface area contributed by atoms with Gasteiger partial charge in [-0.05, 0) is 42.3 Å². The molecule has 2 nitrogen and oxygen atoms in total. The van der Waals surface area contributed by atoms with E-state index in [0.29, 0.717) is 21.3 Å². The molecule has 0 aliphatic carbocycles. The average molecular weight is 305 g/mol. The first kappa shape index (κ1) is 13.8. The van der Waals surface area contributed by atoms with Gasteiger partial charge in [-0.15, -0.1) is 11.3 Å². The Labute approximate surface area is 118 Å². The number of nitrogens with one attached hydrogen (secondary N) is 1. The van der Waals surface area contributed by atoms with Crippen LogP contribution in [0.4, 0.5) is 4.39 Å². The summed E-state index contributed by atoms with van der Waals surface area (Å²) >= 11 is 13.4. The number of benzene rings is 1. The Morgan fingerprint density at radius 2 is 2.06 bits per heavy atom. The van der Waals surface area contributed by atoms with E-state index in [1.165, 1.54) is 23.5 Å². The Morgan fingerprint density at radius 1 is 1.28 bits per heavy atom. The topological polar surface area (TPSA) is 38.0 Å². The predicted octanol–water partition coefficient (Wildman–Crippen LogP) is 3.94. The molecule has 0 fully saturated rings. The van der Waals surface area contributed by atoms with E-state index < -0.39 is 0 Å². The predicted molar refractivity (Wildman–Crippen MR) is 74.5 cm³/mol. The van der Waals surface area contributed by atoms with Gasteiger partial charge in [-0.3, -0.25) is 11.3 Å². The van der Waals surface area contributed by atoms with E-state index in [2.05, 4.69) is 5.43 Å². The maximum absolute atomic E-state index is 13.2. The van der Waals surface area contributed by atoms with Gasteiger partial charge in [-0.25, -0.2) is 4.39 Å². The van der Waals surface area contributed by atoms with Crippen molar-refractivity contribution in [1.29, 1.82) is 0 Å².